The van der Waals surface area contributed by atoms with Gasteiger partial charge in [-0.1, -0.05) is 35.5 Å². The molecule has 0 fully saturated rings. The summed E-state index contributed by atoms with van der Waals surface area (Å²) in [6, 6.07) is 9.71. The molecule has 0 aliphatic carbocycles. The molecule has 10 heteroatoms. The average Bonchev–Trinajstić information content (AvgIpc) is 2.98. The van der Waals surface area contributed by atoms with Crippen molar-refractivity contribution < 1.29 is 13.6 Å². The van der Waals surface area contributed by atoms with Crippen molar-refractivity contribution in [3.05, 3.63) is 59.1 Å². The Bertz CT molecular complexity index is 997. The molecule has 6 nitrogen and oxygen atoms in total. The Kier molecular flexibility index (Phi) is 5.62. The number of rotatable bonds is 5. The van der Waals surface area contributed by atoms with Gasteiger partial charge in [0.15, 0.2) is 5.82 Å². The van der Waals surface area contributed by atoms with Gasteiger partial charge in [0.1, 0.15) is 11.6 Å². The number of nitrogens with one attached hydrogen (secondary N) is 1. The van der Waals surface area contributed by atoms with Crippen molar-refractivity contribution in [1.29, 1.82) is 0 Å². The molecule has 3 rings (SSSR count). The Morgan fingerprint density at radius 2 is 2.04 bits per heavy atom. The van der Waals surface area contributed by atoms with Gasteiger partial charge in [0.05, 0.1) is 10.9 Å². The van der Waals surface area contributed by atoms with Crippen LogP contribution in [0.2, 0.25) is 5.02 Å². The molecule has 3 N–H and O–H groups in total. The second-order valence-electron chi connectivity index (χ2n) is 5.56. The Hall–Kier alpha value is -2.65. The average molecular weight is 410 g/mol. The number of nitrogens with zero attached hydrogens (tertiary/aromatic N) is 3. The summed E-state index contributed by atoms with van der Waals surface area (Å²) < 4.78 is 28.4. The molecule has 1 aromatic heterocycles. The molecule has 0 radical (unpaired) electrons. The maximum absolute atomic E-state index is 13.8. The number of hydrogen-bond donors (Lipinski definition) is 2. The van der Waals surface area contributed by atoms with Crippen LogP contribution in [0, 0.1) is 11.6 Å². The molecule has 3 aromatic rings. The van der Waals surface area contributed by atoms with Gasteiger partial charge >= 0.3 is 0 Å². The van der Waals surface area contributed by atoms with Crippen molar-refractivity contribution in [2.45, 2.75) is 17.3 Å². The number of carbonyl (C=O) groups excluding carboxylic acids is 1. The van der Waals surface area contributed by atoms with Crippen LogP contribution in [0.3, 0.4) is 0 Å². The van der Waals surface area contributed by atoms with Crippen LogP contribution in [0.4, 0.5) is 14.5 Å². The predicted octanol–water partition coefficient (Wildman–Crippen LogP) is 3.71. The van der Waals surface area contributed by atoms with Crippen molar-refractivity contribution in [1.82, 2.24) is 14.9 Å². The largest absolute Gasteiger partial charge is 0.335 e. The van der Waals surface area contributed by atoms with E-state index in [1.807, 2.05) is 0 Å². The molecule has 0 spiro atoms. The molecule has 0 unspecified atom stereocenters. The summed E-state index contributed by atoms with van der Waals surface area (Å²) in [5.74, 6) is 4.72. The SMILES string of the molecule is C[C@@H](Sc1nnc(-c2cccc(F)c2)n1N)C(=O)Nc1ccc(Cl)cc1F. The molecule has 0 saturated carbocycles. The summed E-state index contributed by atoms with van der Waals surface area (Å²) in [5.41, 5.74) is 0.476. The van der Waals surface area contributed by atoms with Crippen molar-refractivity contribution in [2.24, 2.45) is 0 Å². The molecular formula is C17H14ClF2N5OS. The number of aromatic nitrogens is 3. The second kappa shape index (κ2) is 7.93. The molecule has 1 atom stereocenters. The Balaban J connectivity index is 1.72. The smallest absolute Gasteiger partial charge is 0.237 e. The fourth-order valence-corrected chi connectivity index (χ4v) is 3.15. The molecule has 0 aliphatic heterocycles. The van der Waals surface area contributed by atoms with Crippen molar-refractivity contribution in [3.8, 4) is 11.4 Å². The van der Waals surface area contributed by atoms with Crippen molar-refractivity contribution in [2.75, 3.05) is 11.2 Å². The maximum atomic E-state index is 13.8. The van der Waals surface area contributed by atoms with Gasteiger partial charge in [-0.3, -0.25) is 4.79 Å². The Morgan fingerprint density at radius 1 is 1.26 bits per heavy atom. The van der Waals surface area contributed by atoms with E-state index in [0.717, 1.165) is 17.8 Å². The van der Waals surface area contributed by atoms with Crippen molar-refractivity contribution in [3.63, 3.8) is 0 Å². The van der Waals surface area contributed by atoms with Crippen LogP contribution < -0.4 is 11.2 Å². The van der Waals surface area contributed by atoms with Gasteiger partial charge < -0.3 is 11.2 Å². The zero-order valence-corrected chi connectivity index (χ0v) is 15.6. The second-order valence-corrected chi connectivity index (χ2v) is 7.30. The number of hydrogen-bond acceptors (Lipinski definition) is 5. The number of thioether (sulfide) groups is 1. The van der Waals surface area contributed by atoms with Crippen LogP contribution in [0.1, 0.15) is 6.92 Å². The first kappa shape index (κ1) is 19.1. The fourth-order valence-electron chi connectivity index (χ4n) is 2.22. The van der Waals surface area contributed by atoms with Gasteiger partial charge in [0.25, 0.3) is 0 Å². The highest BCUT2D eigenvalue weighted by Crippen LogP contribution is 2.26. The van der Waals surface area contributed by atoms with Gasteiger partial charge in [-0.05, 0) is 37.3 Å². The topological polar surface area (TPSA) is 85.8 Å². The van der Waals surface area contributed by atoms with Gasteiger partial charge in [-0.2, -0.15) is 0 Å². The standard InChI is InChI=1S/C17H14ClF2N5OS/c1-9(16(26)22-14-6-5-11(18)8-13(14)20)27-17-24-23-15(25(17)21)10-3-2-4-12(19)7-10/h2-9H,21H2,1H3,(H,22,26)/t9-/m1/s1. The van der Waals surface area contributed by atoms with E-state index in [2.05, 4.69) is 15.5 Å². The van der Waals surface area contributed by atoms with Gasteiger partial charge in [-0.15, -0.1) is 10.2 Å². The normalized spacial score (nSPS) is 12.0. The Morgan fingerprint density at radius 3 is 2.74 bits per heavy atom. The summed E-state index contributed by atoms with van der Waals surface area (Å²) in [7, 11) is 0. The summed E-state index contributed by atoms with van der Waals surface area (Å²) in [6.07, 6.45) is 0. The lowest BCUT2D eigenvalue weighted by atomic mass is 10.2. The number of carbonyl (C=O) groups is 1. The highest BCUT2D eigenvalue weighted by molar-refractivity contribution is 8.00. The lowest BCUT2D eigenvalue weighted by Crippen LogP contribution is -2.24. The third-order valence-electron chi connectivity index (χ3n) is 3.59. The van der Waals surface area contributed by atoms with Crippen LogP contribution in [0.5, 0.6) is 0 Å². The zero-order valence-electron chi connectivity index (χ0n) is 14.0. The van der Waals surface area contributed by atoms with Gasteiger partial charge in [0.2, 0.25) is 11.1 Å². The lowest BCUT2D eigenvalue weighted by molar-refractivity contribution is -0.115. The maximum Gasteiger partial charge on any atom is 0.237 e. The predicted molar refractivity (Wildman–Crippen MR) is 101 cm³/mol. The first-order valence-corrected chi connectivity index (χ1v) is 9.00. The third kappa shape index (κ3) is 4.37. The first-order chi connectivity index (χ1) is 12.8. The summed E-state index contributed by atoms with van der Waals surface area (Å²) in [6.45, 7) is 1.62. The Labute approximate surface area is 162 Å². The summed E-state index contributed by atoms with van der Waals surface area (Å²) >= 11 is 6.73. The van der Waals surface area contributed by atoms with Crippen LogP contribution in [0.25, 0.3) is 11.4 Å². The summed E-state index contributed by atoms with van der Waals surface area (Å²) in [4.78, 5) is 12.3. The first-order valence-electron chi connectivity index (χ1n) is 7.74. The lowest BCUT2D eigenvalue weighted by Gasteiger charge is -2.12. The third-order valence-corrected chi connectivity index (χ3v) is 4.88. The molecule has 1 amide bonds. The van der Waals surface area contributed by atoms with Gasteiger partial charge in [0, 0.05) is 10.6 Å². The van der Waals surface area contributed by atoms with Gasteiger partial charge in [-0.25, -0.2) is 13.5 Å². The fraction of sp³-hybridized carbons (Fsp3) is 0.118. The molecule has 0 bridgehead atoms. The van der Waals surface area contributed by atoms with Crippen LogP contribution in [-0.2, 0) is 4.79 Å². The van der Waals surface area contributed by atoms with E-state index in [-0.39, 0.29) is 21.7 Å². The monoisotopic (exact) mass is 409 g/mol. The minimum absolute atomic E-state index is 0.0199. The minimum atomic E-state index is -0.646. The molecule has 27 heavy (non-hydrogen) atoms. The highest BCUT2D eigenvalue weighted by atomic mass is 35.5. The number of nitrogens with two attached hydrogens (primary N) is 1. The molecule has 1 heterocycles. The molecule has 140 valence electrons. The van der Waals surface area contributed by atoms with E-state index in [1.54, 1.807) is 13.0 Å². The van der Waals surface area contributed by atoms with E-state index in [4.69, 9.17) is 17.4 Å². The summed E-state index contributed by atoms with van der Waals surface area (Å²) in [5, 5.41) is 10.2. The number of nitrogen functional groups attached to an aromatic ring is 1. The number of anilines is 1. The molecule has 2 aromatic carbocycles. The van der Waals surface area contributed by atoms with E-state index >= 15 is 0 Å². The van der Waals surface area contributed by atoms with Crippen molar-refractivity contribution >= 4 is 35.0 Å². The number of halogens is 3. The van der Waals surface area contributed by atoms with E-state index in [9.17, 15) is 13.6 Å². The quantitative estimate of drug-likeness (QED) is 0.495. The van der Waals surface area contributed by atoms with Crippen LogP contribution in [-0.4, -0.2) is 26.0 Å². The highest BCUT2D eigenvalue weighted by Gasteiger charge is 2.21. The van der Waals surface area contributed by atoms with Crippen LogP contribution in [0.15, 0.2) is 47.6 Å². The number of benzene rings is 2. The van der Waals surface area contributed by atoms with E-state index in [0.29, 0.717) is 5.56 Å². The van der Waals surface area contributed by atoms with E-state index in [1.165, 1.54) is 35.0 Å². The number of amides is 1. The van der Waals surface area contributed by atoms with E-state index < -0.39 is 22.8 Å². The molecular weight excluding hydrogens is 396 g/mol. The molecule has 0 aliphatic rings. The molecule has 0 saturated heterocycles. The van der Waals surface area contributed by atoms with Crippen LogP contribution >= 0.6 is 23.4 Å². The zero-order chi connectivity index (χ0) is 19.6. The minimum Gasteiger partial charge on any atom is -0.335 e.